The first kappa shape index (κ1) is 18.2. The summed E-state index contributed by atoms with van der Waals surface area (Å²) in [6.07, 6.45) is 0. The van der Waals surface area contributed by atoms with Crippen molar-refractivity contribution in [2.45, 2.75) is 6.92 Å². The van der Waals surface area contributed by atoms with Crippen molar-refractivity contribution >= 4 is 23.2 Å². The zero-order valence-corrected chi connectivity index (χ0v) is 14.9. The average Bonchev–Trinajstić information content (AvgIpc) is 2.71. The van der Waals surface area contributed by atoms with E-state index in [4.69, 9.17) is 4.74 Å². The number of carbonyl (C=O) groups is 2. The lowest BCUT2D eigenvalue weighted by Gasteiger charge is -2.14. The van der Waals surface area contributed by atoms with Gasteiger partial charge in [0.25, 0.3) is 11.8 Å². The van der Waals surface area contributed by atoms with E-state index in [0.717, 1.165) is 0 Å². The summed E-state index contributed by atoms with van der Waals surface area (Å²) in [7, 11) is 0. The van der Waals surface area contributed by atoms with E-state index in [2.05, 4.69) is 10.6 Å². The van der Waals surface area contributed by atoms with Crippen molar-refractivity contribution in [1.82, 2.24) is 0 Å². The van der Waals surface area contributed by atoms with Crippen LogP contribution in [0.4, 0.5) is 11.4 Å². The van der Waals surface area contributed by atoms with Gasteiger partial charge in [-0.1, -0.05) is 36.4 Å². The molecule has 0 spiro atoms. The molecule has 0 aliphatic carbocycles. The van der Waals surface area contributed by atoms with Gasteiger partial charge in [-0.2, -0.15) is 0 Å². The molecular weight excluding hydrogens is 340 g/mol. The average molecular weight is 360 g/mol. The molecule has 5 heteroatoms. The number of nitrogens with one attached hydrogen (secondary N) is 2. The lowest BCUT2D eigenvalue weighted by atomic mass is 10.2. The molecule has 0 saturated carbocycles. The Labute approximate surface area is 158 Å². The second kappa shape index (κ2) is 8.67. The first-order chi connectivity index (χ1) is 13.2. The van der Waals surface area contributed by atoms with E-state index in [-0.39, 0.29) is 11.8 Å². The van der Waals surface area contributed by atoms with Crippen LogP contribution in [0.15, 0.2) is 78.9 Å². The quantitative estimate of drug-likeness (QED) is 0.676. The van der Waals surface area contributed by atoms with Crippen LogP contribution in [-0.2, 0) is 0 Å². The van der Waals surface area contributed by atoms with Crippen LogP contribution in [0.3, 0.4) is 0 Å². The number of rotatable bonds is 6. The molecule has 0 bridgehead atoms. The Morgan fingerprint density at radius 1 is 0.778 bits per heavy atom. The molecule has 3 aromatic rings. The van der Waals surface area contributed by atoms with Crippen LogP contribution in [0.5, 0.6) is 5.75 Å². The number of hydrogen-bond donors (Lipinski definition) is 2. The van der Waals surface area contributed by atoms with Crippen LogP contribution in [0.1, 0.15) is 27.6 Å². The molecule has 0 radical (unpaired) electrons. The van der Waals surface area contributed by atoms with E-state index in [0.29, 0.717) is 34.9 Å². The molecule has 0 atom stereocenters. The lowest BCUT2D eigenvalue weighted by molar-refractivity contribution is 0.101. The van der Waals surface area contributed by atoms with Gasteiger partial charge in [-0.25, -0.2) is 0 Å². The maximum absolute atomic E-state index is 12.5. The lowest BCUT2D eigenvalue weighted by Crippen LogP contribution is -2.15. The number of hydrogen-bond acceptors (Lipinski definition) is 3. The second-order valence-corrected chi connectivity index (χ2v) is 5.78. The molecule has 0 aromatic heterocycles. The van der Waals surface area contributed by atoms with Crippen LogP contribution in [0, 0.1) is 0 Å². The highest BCUT2D eigenvalue weighted by atomic mass is 16.5. The fourth-order valence-electron chi connectivity index (χ4n) is 2.56. The molecule has 2 amide bonds. The van der Waals surface area contributed by atoms with Crippen LogP contribution >= 0.6 is 0 Å². The van der Waals surface area contributed by atoms with E-state index in [9.17, 15) is 9.59 Å². The summed E-state index contributed by atoms with van der Waals surface area (Å²) < 4.78 is 5.59. The molecule has 0 fully saturated rings. The minimum atomic E-state index is -0.247. The number of anilines is 2. The van der Waals surface area contributed by atoms with Gasteiger partial charge in [0.2, 0.25) is 0 Å². The molecule has 0 heterocycles. The third-order valence-corrected chi connectivity index (χ3v) is 3.86. The van der Waals surface area contributed by atoms with Crippen molar-refractivity contribution < 1.29 is 14.3 Å². The minimum Gasteiger partial charge on any atom is -0.492 e. The second-order valence-electron chi connectivity index (χ2n) is 5.78. The van der Waals surface area contributed by atoms with Crippen molar-refractivity contribution in [3.8, 4) is 5.75 Å². The third-order valence-electron chi connectivity index (χ3n) is 3.86. The van der Waals surface area contributed by atoms with Gasteiger partial charge < -0.3 is 15.4 Å². The molecule has 0 aliphatic heterocycles. The molecule has 3 rings (SSSR count). The highest BCUT2D eigenvalue weighted by Crippen LogP contribution is 2.29. The molecule has 0 saturated heterocycles. The topological polar surface area (TPSA) is 67.4 Å². The molecule has 3 aromatic carbocycles. The number of amides is 2. The van der Waals surface area contributed by atoms with Crippen molar-refractivity contribution in [1.29, 1.82) is 0 Å². The zero-order chi connectivity index (χ0) is 19.1. The van der Waals surface area contributed by atoms with Gasteiger partial charge in [-0.05, 0) is 49.4 Å². The van der Waals surface area contributed by atoms with Gasteiger partial charge in [0.05, 0.1) is 12.3 Å². The van der Waals surface area contributed by atoms with Gasteiger partial charge in [-0.15, -0.1) is 0 Å². The summed E-state index contributed by atoms with van der Waals surface area (Å²) in [5, 5.41) is 5.68. The predicted octanol–water partition coefficient (Wildman–Crippen LogP) is 4.59. The summed E-state index contributed by atoms with van der Waals surface area (Å²) in [5.41, 5.74) is 2.16. The first-order valence-electron chi connectivity index (χ1n) is 8.67. The normalized spacial score (nSPS) is 10.1. The Hall–Kier alpha value is -3.60. The highest BCUT2D eigenvalue weighted by Gasteiger charge is 2.12. The zero-order valence-electron chi connectivity index (χ0n) is 14.9. The molecule has 5 nitrogen and oxygen atoms in total. The van der Waals surface area contributed by atoms with Gasteiger partial charge in [0.15, 0.2) is 0 Å². The summed E-state index contributed by atoms with van der Waals surface area (Å²) in [5.74, 6) is 0.0719. The molecule has 27 heavy (non-hydrogen) atoms. The Bertz CT molecular complexity index is 925. The standard InChI is InChI=1S/C22H20N2O3/c1-2-27-20-14-13-18(23-21(25)16-9-5-3-6-10-16)15-19(20)24-22(26)17-11-7-4-8-12-17/h3-15H,2H2,1H3,(H,23,25)(H,24,26). The van der Waals surface area contributed by atoms with Gasteiger partial charge in [0.1, 0.15) is 5.75 Å². The molecular formula is C22H20N2O3. The van der Waals surface area contributed by atoms with Crippen molar-refractivity contribution in [3.63, 3.8) is 0 Å². The highest BCUT2D eigenvalue weighted by molar-refractivity contribution is 6.07. The van der Waals surface area contributed by atoms with Crippen LogP contribution in [0.25, 0.3) is 0 Å². The first-order valence-corrected chi connectivity index (χ1v) is 8.67. The molecule has 2 N–H and O–H groups in total. The molecule has 136 valence electrons. The molecule has 0 aliphatic rings. The smallest absolute Gasteiger partial charge is 0.255 e. The Balaban J connectivity index is 1.82. The summed E-state index contributed by atoms with van der Waals surface area (Å²) in [6, 6.07) is 23.0. The number of carbonyl (C=O) groups excluding carboxylic acids is 2. The van der Waals surface area contributed by atoms with Gasteiger partial charge in [0, 0.05) is 16.8 Å². The van der Waals surface area contributed by atoms with E-state index < -0.39 is 0 Å². The van der Waals surface area contributed by atoms with E-state index in [1.54, 1.807) is 66.7 Å². The third kappa shape index (κ3) is 4.73. The Kier molecular flexibility index (Phi) is 5.84. The predicted molar refractivity (Wildman–Crippen MR) is 106 cm³/mol. The summed E-state index contributed by atoms with van der Waals surface area (Å²) >= 11 is 0. The van der Waals surface area contributed by atoms with E-state index in [1.165, 1.54) is 0 Å². The fraction of sp³-hybridized carbons (Fsp3) is 0.0909. The maximum atomic E-state index is 12.5. The van der Waals surface area contributed by atoms with Gasteiger partial charge in [-0.3, -0.25) is 9.59 Å². The van der Waals surface area contributed by atoms with E-state index in [1.807, 2.05) is 19.1 Å². The summed E-state index contributed by atoms with van der Waals surface area (Å²) in [6.45, 7) is 2.33. The van der Waals surface area contributed by atoms with Crippen molar-refractivity contribution in [2.75, 3.05) is 17.2 Å². The fourth-order valence-corrected chi connectivity index (χ4v) is 2.56. The molecule has 0 unspecified atom stereocenters. The Morgan fingerprint density at radius 2 is 1.33 bits per heavy atom. The van der Waals surface area contributed by atoms with Crippen LogP contribution < -0.4 is 15.4 Å². The number of benzene rings is 3. The number of ether oxygens (including phenoxy) is 1. The van der Waals surface area contributed by atoms with Crippen molar-refractivity contribution in [3.05, 3.63) is 90.0 Å². The Morgan fingerprint density at radius 3 is 1.89 bits per heavy atom. The van der Waals surface area contributed by atoms with Crippen molar-refractivity contribution in [2.24, 2.45) is 0 Å². The maximum Gasteiger partial charge on any atom is 0.255 e. The SMILES string of the molecule is CCOc1ccc(NC(=O)c2ccccc2)cc1NC(=O)c1ccccc1. The monoisotopic (exact) mass is 360 g/mol. The largest absolute Gasteiger partial charge is 0.492 e. The minimum absolute atomic E-state index is 0.222. The van der Waals surface area contributed by atoms with Gasteiger partial charge >= 0.3 is 0 Å². The van der Waals surface area contributed by atoms with E-state index >= 15 is 0 Å². The van der Waals surface area contributed by atoms with Crippen LogP contribution in [0.2, 0.25) is 0 Å². The van der Waals surface area contributed by atoms with Crippen LogP contribution in [-0.4, -0.2) is 18.4 Å². The summed E-state index contributed by atoms with van der Waals surface area (Å²) in [4.78, 5) is 24.8.